The fourth-order valence-electron chi connectivity index (χ4n) is 2.06. The minimum absolute atomic E-state index is 0.665. The van der Waals surface area contributed by atoms with Crippen molar-refractivity contribution < 1.29 is 0 Å². The van der Waals surface area contributed by atoms with Gasteiger partial charge in [-0.15, -0.1) is 11.8 Å². The maximum Gasteiger partial charge on any atom is 0.0161 e. The van der Waals surface area contributed by atoms with Gasteiger partial charge < -0.3 is 5.32 Å². The summed E-state index contributed by atoms with van der Waals surface area (Å²) in [6.45, 7) is 7.80. The van der Waals surface area contributed by atoms with Gasteiger partial charge in [0.05, 0.1) is 0 Å². The number of thioether (sulfide) groups is 1. The highest BCUT2D eigenvalue weighted by atomic mass is 32.2. The first kappa shape index (κ1) is 16.6. The van der Waals surface area contributed by atoms with E-state index in [-0.39, 0.29) is 0 Å². The highest BCUT2D eigenvalue weighted by Crippen LogP contribution is 2.20. The second-order valence-electron chi connectivity index (χ2n) is 5.27. The summed E-state index contributed by atoms with van der Waals surface area (Å²) < 4.78 is 0. The molecule has 0 bridgehead atoms. The molecule has 108 valence electrons. The predicted molar refractivity (Wildman–Crippen MR) is 88.1 cm³/mol. The van der Waals surface area contributed by atoms with Crippen LogP contribution in [0.25, 0.3) is 0 Å². The average molecular weight is 279 g/mol. The number of aryl methyl sites for hydroxylation is 1. The van der Waals surface area contributed by atoms with Crippen LogP contribution in [0.1, 0.15) is 51.5 Å². The average Bonchev–Trinajstić information content (AvgIpc) is 2.43. The van der Waals surface area contributed by atoms with E-state index in [0.717, 1.165) is 6.54 Å². The molecule has 1 aromatic carbocycles. The van der Waals surface area contributed by atoms with Gasteiger partial charge in [0.1, 0.15) is 0 Å². The Bertz CT molecular complexity index is 321. The Balaban J connectivity index is 2.35. The van der Waals surface area contributed by atoms with E-state index in [4.69, 9.17) is 0 Å². The van der Waals surface area contributed by atoms with Crippen LogP contribution in [-0.2, 0) is 0 Å². The van der Waals surface area contributed by atoms with Gasteiger partial charge in [0.2, 0.25) is 0 Å². The Hall–Kier alpha value is -0.470. The van der Waals surface area contributed by atoms with E-state index < -0.39 is 0 Å². The molecule has 0 amide bonds. The van der Waals surface area contributed by atoms with E-state index in [2.05, 4.69) is 50.4 Å². The van der Waals surface area contributed by atoms with Gasteiger partial charge in [-0.25, -0.2) is 0 Å². The van der Waals surface area contributed by atoms with E-state index in [1.54, 1.807) is 0 Å². The zero-order chi connectivity index (χ0) is 13.9. The first-order chi connectivity index (χ1) is 9.26. The molecule has 1 unspecified atom stereocenters. The SMILES string of the molecule is CCCCCC(CSc1ccc(C)cc1)NCCC. The van der Waals surface area contributed by atoms with Gasteiger partial charge in [-0.3, -0.25) is 0 Å². The van der Waals surface area contributed by atoms with Crippen molar-refractivity contribution in [3.05, 3.63) is 29.8 Å². The molecule has 1 nitrogen and oxygen atoms in total. The number of rotatable bonds is 10. The monoisotopic (exact) mass is 279 g/mol. The van der Waals surface area contributed by atoms with Crippen LogP contribution in [-0.4, -0.2) is 18.3 Å². The van der Waals surface area contributed by atoms with Crippen molar-refractivity contribution in [2.24, 2.45) is 0 Å². The molecule has 0 aliphatic rings. The quantitative estimate of drug-likeness (QED) is 0.476. The van der Waals surface area contributed by atoms with Gasteiger partial charge in [0, 0.05) is 16.7 Å². The number of unbranched alkanes of at least 4 members (excludes halogenated alkanes) is 2. The number of nitrogens with one attached hydrogen (secondary N) is 1. The van der Waals surface area contributed by atoms with Crippen molar-refractivity contribution in [3.63, 3.8) is 0 Å². The van der Waals surface area contributed by atoms with Crippen LogP contribution < -0.4 is 5.32 Å². The Morgan fingerprint density at radius 1 is 1.05 bits per heavy atom. The van der Waals surface area contributed by atoms with Crippen LogP contribution in [0.3, 0.4) is 0 Å². The van der Waals surface area contributed by atoms with Crippen LogP contribution >= 0.6 is 11.8 Å². The fraction of sp³-hybridized carbons (Fsp3) is 0.647. The van der Waals surface area contributed by atoms with Crippen LogP contribution in [0.4, 0.5) is 0 Å². The molecule has 1 N–H and O–H groups in total. The molecule has 0 spiro atoms. The standard InChI is InChI=1S/C17H29NS/c1-4-6-7-8-16(18-13-5-2)14-19-17-11-9-15(3)10-12-17/h9-12,16,18H,4-8,13-14H2,1-3H3. The summed E-state index contributed by atoms with van der Waals surface area (Å²) in [6, 6.07) is 9.55. The molecule has 0 radical (unpaired) electrons. The van der Waals surface area contributed by atoms with Crippen molar-refractivity contribution in [1.29, 1.82) is 0 Å². The lowest BCUT2D eigenvalue weighted by Gasteiger charge is -2.18. The second-order valence-corrected chi connectivity index (χ2v) is 6.36. The Morgan fingerprint density at radius 2 is 1.79 bits per heavy atom. The third-order valence-electron chi connectivity index (χ3n) is 3.31. The van der Waals surface area contributed by atoms with E-state index in [0.29, 0.717) is 6.04 Å². The Labute approximate surface area is 123 Å². The van der Waals surface area contributed by atoms with Gasteiger partial charge in [-0.2, -0.15) is 0 Å². The molecule has 0 fully saturated rings. The molecule has 0 heterocycles. The van der Waals surface area contributed by atoms with Crippen molar-refractivity contribution in [2.75, 3.05) is 12.3 Å². The summed E-state index contributed by atoms with van der Waals surface area (Å²) in [5.74, 6) is 1.19. The minimum Gasteiger partial charge on any atom is -0.313 e. The smallest absolute Gasteiger partial charge is 0.0161 e. The lowest BCUT2D eigenvalue weighted by molar-refractivity contribution is 0.493. The molecule has 19 heavy (non-hydrogen) atoms. The molecule has 1 aromatic rings. The molecular formula is C17H29NS. The Kier molecular flexibility index (Phi) is 9.02. The van der Waals surface area contributed by atoms with Crippen molar-refractivity contribution in [3.8, 4) is 0 Å². The molecule has 0 saturated heterocycles. The molecule has 2 heteroatoms. The van der Waals surface area contributed by atoms with Gasteiger partial charge in [0.15, 0.2) is 0 Å². The lowest BCUT2D eigenvalue weighted by atomic mass is 10.1. The predicted octanol–water partition coefficient (Wildman–Crippen LogP) is 5.04. The van der Waals surface area contributed by atoms with Gasteiger partial charge in [-0.05, 0) is 38.4 Å². The highest BCUT2D eigenvalue weighted by Gasteiger charge is 2.08. The summed E-state index contributed by atoms with van der Waals surface area (Å²) in [5.41, 5.74) is 1.34. The maximum atomic E-state index is 3.69. The van der Waals surface area contributed by atoms with Crippen LogP contribution in [0, 0.1) is 6.92 Å². The van der Waals surface area contributed by atoms with E-state index in [1.807, 2.05) is 11.8 Å². The molecule has 0 saturated carbocycles. The lowest BCUT2D eigenvalue weighted by Crippen LogP contribution is -2.31. The van der Waals surface area contributed by atoms with E-state index in [1.165, 1.54) is 48.3 Å². The fourth-order valence-corrected chi connectivity index (χ4v) is 3.07. The first-order valence-electron chi connectivity index (χ1n) is 7.69. The largest absolute Gasteiger partial charge is 0.313 e. The molecular weight excluding hydrogens is 250 g/mol. The van der Waals surface area contributed by atoms with Gasteiger partial charge in [0.25, 0.3) is 0 Å². The third-order valence-corrected chi connectivity index (χ3v) is 4.49. The highest BCUT2D eigenvalue weighted by molar-refractivity contribution is 7.99. The molecule has 0 aliphatic carbocycles. The zero-order valence-corrected chi connectivity index (χ0v) is 13.6. The molecule has 0 aromatic heterocycles. The summed E-state index contributed by atoms with van der Waals surface area (Å²) in [5, 5.41) is 3.69. The number of hydrogen-bond donors (Lipinski definition) is 1. The Morgan fingerprint density at radius 3 is 2.42 bits per heavy atom. The van der Waals surface area contributed by atoms with Gasteiger partial charge >= 0.3 is 0 Å². The van der Waals surface area contributed by atoms with Crippen LogP contribution in [0.2, 0.25) is 0 Å². The second kappa shape index (κ2) is 10.3. The summed E-state index contributed by atoms with van der Waals surface area (Å²) in [4.78, 5) is 1.39. The van der Waals surface area contributed by atoms with Crippen molar-refractivity contribution in [2.45, 2.75) is 63.8 Å². The molecule has 1 rings (SSSR count). The van der Waals surface area contributed by atoms with Crippen molar-refractivity contribution >= 4 is 11.8 Å². The molecule has 0 aliphatic heterocycles. The number of hydrogen-bond acceptors (Lipinski definition) is 2. The van der Waals surface area contributed by atoms with Crippen LogP contribution in [0.5, 0.6) is 0 Å². The van der Waals surface area contributed by atoms with Gasteiger partial charge in [-0.1, -0.05) is 50.8 Å². The topological polar surface area (TPSA) is 12.0 Å². The maximum absolute atomic E-state index is 3.69. The normalized spacial score (nSPS) is 12.6. The van der Waals surface area contributed by atoms with E-state index in [9.17, 15) is 0 Å². The number of benzene rings is 1. The van der Waals surface area contributed by atoms with Crippen LogP contribution in [0.15, 0.2) is 29.2 Å². The summed E-state index contributed by atoms with van der Waals surface area (Å²) in [7, 11) is 0. The summed E-state index contributed by atoms with van der Waals surface area (Å²) in [6.07, 6.45) is 6.56. The molecule has 1 atom stereocenters. The van der Waals surface area contributed by atoms with Crippen molar-refractivity contribution in [1.82, 2.24) is 5.32 Å². The third kappa shape index (κ3) is 7.64. The van der Waals surface area contributed by atoms with E-state index >= 15 is 0 Å². The zero-order valence-electron chi connectivity index (χ0n) is 12.7. The first-order valence-corrected chi connectivity index (χ1v) is 8.67. The minimum atomic E-state index is 0.665. The summed E-state index contributed by atoms with van der Waals surface area (Å²) >= 11 is 1.98.